The minimum absolute atomic E-state index is 0.259. The number of nitrogens with zero attached hydrogens (tertiary/aromatic N) is 3. The lowest BCUT2D eigenvalue weighted by Gasteiger charge is -2.15. The smallest absolute Gasteiger partial charge is 0.241 e. The van der Waals surface area contributed by atoms with Crippen LogP contribution < -0.4 is 5.73 Å². The highest BCUT2D eigenvalue weighted by molar-refractivity contribution is 7.13. The Morgan fingerprint density at radius 1 is 1.63 bits per heavy atom. The van der Waals surface area contributed by atoms with Gasteiger partial charge in [-0.15, -0.1) is 11.3 Å². The molecule has 2 aromatic rings. The molecule has 5 nitrogen and oxygen atoms in total. The highest BCUT2D eigenvalue weighted by Gasteiger charge is 2.26. The van der Waals surface area contributed by atoms with Crippen LogP contribution in [-0.4, -0.2) is 34.2 Å². The molecule has 2 unspecified atom stereocenters. The molecule has 0 aromatic carbocycles. The summed E-state index contributed by atoms with van der Waals surface area (Å²) in [4.78, 5) is 7.83. The Balaban J connectivity index is 1.62. The maximum absolute atomic E-state index is 5.94. The van der Waals surface area contributed by atoms with Gasteiger partial charge in [0.1, 0.15) is 0 Å². The lowest BCUT2D eigenvalue weighted by molar-refractivity contribution is 0.257. The Bertz CT molecular complexity index is 522. The molecule has 2 atom stereocenters. The van der Waals surface area contributed by atoms with Gasteiger partial charge in [0, 0.05) is 12.6 Å². The van der Waals surface area contributed by atoms with Crippen LogP contribution in [0, 0.1) is 5.92 Å². The second-order valence-corrected chi connectivity index (χ2v) is 6.08. The van der Waals surface area contributed by atoms with E-state index in [0.29, 0.717) is 17.6 Å². The molecule has 19 heavy (non-hydrogen) atoms. The summed E-state index contributed by atoms with van der Waals surface area (Å²) >= 11 is 1.62. The van der Waals surface area contributed by atoms with E-state index in [0.717, 1.165) is 30.9 Å². The van der Waals surface area contributed by atoms with Crippen molar-refractivity contribution in [2.45, 2.75) is 25.9 Å². The average molecular weight is 278 g/mol. The van der Waals surface area contributed by atoms with E-state index in [1.54, 1.807) is 11.3 Å². The van der Waals surface area contributed by atoms with E-state index in [1.165, 1.54) is 0 Å². The third-order valence-electron chi connectivity index (χ3n) is 3.62. The summed E-state index contributed by atoms with van der Waals surface area (Å²) in [5.41, 5.74) is 5.94. The third kappa shape index (κ3) is 2.86. The van der Waals surface area contributed by atoms with Crippen LogP contribution in [0.5, 0.6) is 0 Å². The molecule has 2 N–H and O–H groups in total. The number of hydrogen-bond acceptors (Lipinski definition) is 6. The molecule has 102 valence electrons. The maximum atomic E-state index is 5.94. The van der Waals surface area contributed by atoms with Crippen LogP contribution in [0.1, 0.15) is 19.2 Å². The number of likely N-dealkylation sites (tertiary alicyclic amines) is 1. The zero-order chi connectivity index (χ0) is 13.2. The Labute approximate surface area is 116 Å². The summed E-state index contributed by atoms with van der Waals surface area (Å²) in [6.45, 7) is 4.88. The first kappa shape index (κ1) is 12.8. The predicted octanol–water partition coefficient (Wildman–Crippen LogP) is 1.97. The lowest BCUT2D eigenvalue weighted by atomic mass is 10.0. The van der Waals surface area contributed by atoms with Crippen molar-refractivity contribution in [3.8, 4) is 10.7 Å². The van der Waals surface area contributed by atoms with Crippen LogP contribution in [-0.2, 0) is 6.54 Å². The van der Waals surface area contributed by atoms with Gasteiger partial charge in [-0.3, -0.25) is 4.90 Å². The van der Waals surface area contributed by atoms with Gasteiger partial charge < -0.3 is 10.3 Å². The van der Waals surface area contributed by atoms with E-state index >= 15 is 0 Å². The van der Waals surface area contributed by atoms with Crippen LogP contribution in [0.15, 0.2) is 22.0 Å². The van der Waals surface area contributed by atoms with Crippen molar-refractivity contribution < 1.29 is 4.52 Å². The van der Waals surface area contributed by atoms with E-state index in [4.69, 9.17) is 10.3 Å². The van der Waals surface area contributed by atoms with Gasteiger partial charge in [-0.2, -0.15) is 4.98 Å². The summed E-state index contributed by atoms with van der Waals surface area (Å²) in [7, 11) is 0. The highest BCUT2D eigenvalue weighted by atomic mass is 32.1. The molecule has 0 radical (unpaired) electrons. The number of rotatable bonds is 4. The molecule has 0 spiro atoms. The molecular weight excluding hydrogens is 260 g/mol. The molecule has 2 aromatic heterocycles. The first-order chi connectivity index (χ1) is 9.22. The summed E-state index contributed by atoms with van der Waals surface area (Å²) < 4.78 is 5.32. The van der Waals surface area contributed by atoms with Crippen molar-refractivity contribution in [3.63, 3.8) is 0 Å². The minimum atomic E-state index is 0.259. The lowest BCUT2D eigenvalue weighted by Crippen LogP contribution is -2.29. The van der Waals surface area contributed by atoms with Gasteiger partial charge in [0.25, 0.3) is 0 Å². The largest absolute Gasteiger partial charge is 0.338 e. The van der Waals surface area contributed by atoms with Crippen molar-refractivity contribution in [2.75, 3.05) is 13.1 Å². The zero-order valence-electron chi connectivity index (χ0n) is 11.0. The molecule has 0 saturated carbocycles. The van der Waals surface area contributed by atoms with Gasteiger partial charge in [0.05, 0.1) is 11.4 Å². The predicted molar refractivity (Wildman–Crippen MR) is 74.6 cm³/mol. The Hall–Kier alpha value is -1.24. The number of hydrogen-bond donors (Lipinski definition) is 1. The molecule has 6 heteroatoms. The van der Waals surface area contributed by atoms with Gasteiger partial charge >= 0.3 is 0 Å². The number of aromatic nitrogens is 2. The van der Waals surface area contributed by atoms with Gasteiger partial charge in [0.2, 0.25) is 11.7 Å². The molecule has 1 saturated heterocycles. The van der Waals surface area contributed by atoms with E-state index < -0.39 is 0 Å². The van der Waals surface area contributed by atoms with E-state index in [2.05, 4.69) is 22.0 Å². The SMILES string of the molecule is CC(N)C1CCN(Cc2nc(-c3cccs3)no2)C1. The second kappa shape index (κ2) is 5.40. The zero-order valence-corrected chi connectivity index (χ0v) is 11.8. The third-order valence-corrected chi connectivity index (χ3v) is 4.49. The van der Waals surface area contributed by atoms with E-state index in [9.17, 15) is 0 Å². The van der Waals surface area contributed by atoms with Crippen molar-refractivity contribution >= 4 is 11.3 Å². The number of nitrogens with two attached hydrogens (primary N) is 1. The van der Waals surface area contributed by atoms with Crippen LogP contribution in [0.25, 0.3) is 10.7 Å². The standard InChI is InChI=1S/C13H18N4OS/c1-9(14)10-4-5-17(7-10)8-12-15-13(16-18-12)11-3-2-6-19-11/h2-3,6,9-10H,4-5,7-8,14H2,1H3. The van der Waals surface area contributed by atoms with Crippen molar-refractivity contribution in [1.82, 2.24) is 15.0 Å². The molecule has 1 aliphatic rings. The summed E-state index contributed by atoms with van der Waals surface area (Å²) in [5.74, 6) is 1.96. The first-order valence-electron chi connectivity index (χ1n) is 6.57. The summed E-state index contributed by atoms with van der Waals surface area (Å²) in [6, 6.07) is 4.25. The van der Waals surface area contributed by atoms with Crippen LogP contribution in [0.3, 0.4) is 0 Å². The first-order valence-corrected chi connectivity index (χ1v) is 7.45. The Kier molecular flexibility index (Phi) is 3.63. The quantitative estimate of drug-likeness (QED) is 0.926. The molecule has 0 aliphatic carbocycles. The van der Waals surface area contributed by atoms with Crippen LogP contribution >= 0.6 is 11.3 Å². The fourth-order valence-corrected chi connectivity index (χ4v) is 3.10. The Morgan fingerprint density at radius 2 is 2.53 bits per heavy atom. The molecular formula is C13H18N4OS. The molecule has 1 fully saturated rings. The fourth-order valence-electron chi connectivity index (χ4n) is 2.45. The fraction of sp³-hybridized carbons (Fsp3) is 0.538. The second-order valence-electron chi connectivity index (χ2n) is 5.13. The van der Waals surface area contributed by atoms with Crippen molar-refractivity contribution in [2.24, 2.45) is 11.7 Å². The van der Waals surface area contributed by atoms with Gasteiger partial charge in [-0.05, 0) is 37.3 Å². The van der Waals surface area contributed by atoms with Crippen LogP contribution in [0.2, 0.25) is 0 Å². The van der Waals surface area contributed by atoms with Crippen molar-refractivity contribution in [1.29, 1.82) is 0 Å². The monoisotopic (exact) mass is 278 g/mol. The molecule has 3 rings (SSSR count). The molecule has 3 heterocycles. The average Bonchev–Trinajstić information content (AvgIpc) is 3.09. The van der Waals surface area contributed by atoms with E-state index in [1.807, 2.05) is 17.5 Å². The minimum Gasteiger partial charge on any atom is -0.338 e. The topological polar surface area (TPSA) is 68.2 Å². The maximum Gasteiger partial charge on any atom is 0.241 e. The molecule has 0 amide bonds. The normalized spacial score (nSPS) is 21.9. The highest BCUT2D eigenvalue weighted by Crippen LogP contribution is 2.23. The van der Waals surface area contributed by atoms with Gasteiger partial charge in [0.15, 0.2) is 0 Å². The summed E-state index contributed by atoms with van der Waals surface area (Å²) in [5, 5.41) is 6.04. The number of thiophene rings is 1. The van der Waals surface area contributed by atoms with Gasteiger partial charge in [-0.25, -0.2) is 0 Å². The van der Waals surface area contributed by atoms with Crippen LogP contribution in [0.4, 0.5) is 0 Å². The molecule has 0 bridgehead atoms. The van der Waals surface area contributed by atoms with Gasteiger partial charge in [-0.1, -0.05) is 11.2 Å². The van der Waals surface area contributed by atoms with E-state index in [-0.39, 0.29) is 6.04 Å². The van der Waals surface area contributed by atoms with Crippen molar-refractivity contribution in [3.05, 3.63) is 23.4 Å². The Morgan fingerprint density at radius 3 is 3.21 bits per heavy atom. The molecule has 1 aliphatic heterocycles. The summed E-state index contributed by atoms with van der Waals surface area (Å²) in [6.07, 6.45) is 1.16.